The molecule has 2 fully saturated rings. The fraction of sp³-hybridized carbons (Fsp3) is 0.448. The van der Waals surface area contributed by atoms with Crippen LogP contribution in [0, 0.1) is 17.2 Å². The summed E-state index contributed by atoms with van der Waals surface area (Å²) in [6, 6.07) is 19.0. The number of carbonyl (C=O) groups is 3. The standard InChI is InChI=1S/C29H35N5O3/c1-2-23(31)27(35)33-26-21(17-18-30)13-14-22-15-16-24(34(22)29(26)37)28(36)32-25(19-9-5-3-6-10-19)20-11-7-4-8-12-20/h3-12,21-26H,2,13-17,31H2,1H3,(H,32,36)(H,33,35)/t21-,22+,23+,24+,26+/m1/s1. The van der Waals surface area contributed by atoms with E-state index in [1.807, 2.05) is 60.7 Å². The molecule has 0 aliphatic carbocycles. The van der Waals surface area contributed by atoms with E-state index in [1.54, 1.807) is 11.8 Å². The van der Waals surface area contributed by atoms with Crippen LogP contribution in [0.1, 0.15) is 62.6 Å². The lowest BCUT2D eigenvalue weighted by atomic mass is 9.90. The molecule has 8 heteroatoms. The van der Waals surface area contributed by atoms with Crippen LogP contribution in [-0.2, 0) is 14.4 Å². The van der Waals surface area contributed by atoms with E-state index in [0.29, 0.717) is 32.1 Å². The Bertz CT molecular complexity index is 1090. The lowest BCUT2D eigenvalue weighted by Gasteiger charge is -2.33. The maximum Gasteiger partial charge on any atom is 0.246 e. The Balaban J connectivity index is 1.59. The van der Waals surface area contributed by atoms with E-state index in [-0.39, 0.29) is 36.2 Å². The average molecular weight is 502 g/mol. The fourth-order valence-electron chi connectivity index (χ4n) is 5.54. The molecule has 2 aromatic carbocycles. The number of rotatable bonds is 8. The van der Waals surface area contributed by atoms with Crippen LogP contribution < -0.4 is 16.4 Å². The molecule has 4 rings (SSSR count). The molecule has 2 aliphatic heterocycles. The van der Waals surface area contributed by atoms with Crippen LogP contribution >= 0.6 is 0 Å². The number of hydrogen-bond donors (Lipinski definition) is 3. The number of nitrogens with one attached hydrogen (secondary N) is 2. The molecule has 37 heavy (non-hydrogen) atoms. The zero-order valence-corrected chi connectivity index (χ0v) is 21.2. The molecule has 2 aliphatic rings. The number of nitrogens with zero attached hydrogens (tertiary/aromatic N) is 2. The predicted octanol–water partition coefficient (Wildman–Crippen LogP) is 2.80. The van der Waals surface area contributed by atoms with Gasteiger partial charge in [-0.1, -0.05) is 67.6 Å². The van der Waals surface area contributed by atoms with Crippen LogP contribution in [0.25, 0.3) is 0 Å². The molecule has 5 atom stereocenters. The monoisotopic (exact) mass is 501 g/mol. The Kier molecular flexibility index (Phi) is 8.57. The summed E-state index contributed by atoms with van der Waals surface area (Å²) in [5, 5.41) is 15.4. The van der Waals surface area contributed by atoms with E-state index >= 15 is 0 Å². The minimum absolute atomic E-state index is 0.0990. The van der Waals surface area contributed by atoms with Crippen molar-refractivity contribution in [1.29, 1.82) is 5.26 Å². The van der Waals surface area contributed by atoms with Crippen LogP contribution in [0.15, 0.2) is 60.7 Å². The minimum Gasteiger partial charge on any atom is -0.343 e. The zero-order valence-electron chi connectivity index (χ0n) is 21.2. The van der Waals surface area contributed by atoms with Crippen molar-refractivity contribution in [3.63, 3.8) is 0 Å². The molecule has 0 unspecified atom stereocenters. The van der Waals surface area contributed by atoms with Crippen molar-refractivity contribution in [3.8, 4) is 6.07 Å². The van der Waals surface area contributed by atoms with Gasteiger partial charge >= 0.3 is 0 Å². The van der Waals surface area contributed by atoms with Gasteiger partial charge in [0.15, 0.2) is 0 Å². The molecule has 4 N–H and O–H groups in total. The highest BCUT2D eigenvalue weighted by Crippen LogP contribution is 2.35. The molecular weight excluding hydrogens is 466 g/mol. The molecule has 0 radical (unpaired) electrons. The molecule has 0 spiro atoms. The maximum atomic E-state index is 13.9. The third-order valence-corrected chi connectivity index (χ3v) is 7.65. The van der Waals surface area contributed by atoms with Crippen molar-refractivity contribution >= 4 is 17.7 Å². The van der Waals surface area contributed by atoms with Gasteiger partial charge in [0.1, 0.15) is 12.1 Å². The Hall–Kier alpha value is -3.70. The number of fused-ring (bicyclic) bond motifs is 1. The second-order valence-electron chi connectivity index (χ2n) is 9.96. The van der Waals surface area contributed by atoms with E-state index < -0.39 is 24.0 Å². The molecule has 194 valence electrons. The first-order valence-corrected chi connectivity index (χ1v) is 13.1. The average Bonchev–Trinajstić information content (AvgIpc) is 3.32. The van der Waals surface area contributed by atoms with Crippen LogP contribution in [-0.4, -0.2) is 46.8 Å². The van der Waals surface area contributed by atoms with Crippen LogP contribution in [0.4, 0.5) is 0 Å². The number of nitrogens with two attached hydrogens (primary N) is 1. The Morgan fingerprint density at radius 1 is 1.03 bits per heavy atom. The van der Waals surface area contributed by atoms with Gasteiger partial charge in [-0.05, 0) is 43.2 Å². The quantitative estimate of drug-likeness (QED) is 0.512. The topological polar surface area (TPSA) is 128 Å². The SMILES string of the molecule is CC[C@H](N)C(=O)N[C@@H]1C(=O)N2[C@@H](CC[C@@H]1CC#N)CC[C@H]2C(=O)NC(c1ccccc1)c1ccccc1. The number of amides is 3. The van der Waals surface area contributed by atoms with Gasteiger partial charge in [0.05, 0.1) is 18.2 Å². The van der Waals surface area contributed by atoms with Gasteiger partial charge in [0.25, 0.3) is 0 Å². The van der Waals surface area contributed by atoms with Gasteiger partial charge < -0.3 is 21.3 Å². The molecule has 0 bridgehead atoms. The van der Waals surface area contributed by atoms with Crippen molar-refractivity contribution in [2.45, 2.75) is 75.7 Å². The summed E-state index contributed by atoms with van der Waals surface area (Å²) in [6.45, 7) is 1.80. The predicted molar refractivity (Wildman–Crippen MR) is 140 cm³/mol. The maximum absolute atomic E-state index is 13.9. The summed E-state index contributed by atoms with van der Waals surface area (Å²) in [7, 11) is 0. The summed E-state index contributed by atoms with van der Waals surface area (Å²) in [5.74, 6) is -1.24. The molecule has 2 saturated heterocycles. The van der Waals surface area contributed by atoms with Crippen molar-refractivity contribution < 1.29 is 14.4 Å². The van der Waals surface area contributed by atoms with Crippen molar-refractivity contribution in [2.75, 3.05) is 0 Å². The third kappa shape index (κ3) is 5.83. The van der Waals surface area contributed by atoms with E-state index in [0.717, 1.165) is 11.1 Å². The van der Waals surface area contributed by atoms with Crippen LogP contribution in [0.2, 0.25) is 0 Å². The lowest BCUT2D eigenvalue weighted by Crippen LogP contribution is -2.58. The molecule has 3 amide bonds. The normalized spacial score (nSPS) is 24.1. The Morgan fingerprint density at radius 2 is 1.62 bits per heavy atom. The number of carbonyl (C=O) groups excluding carboxylic acids is 3. The van der Waals surface area contributed by atoms with E-state index in [1.165, 1.54) is 0 Å². The fourth-order valence-corrected chi connectivity index (χ4v) is 5.54. The number of benzene rings is 2. The lowest BCUT2D eigenvalue weighted by molar-refractivity contribution is -0.143. The molecule has 2 aromatic rings. The second-order valence-corrected chi connectivity index (χ2v) is 9.96. The Labute approximate surface area is 218 Å². The van der Waals surface area contributed by atoms with Gasteiger partial charge in [-0.2, -0.15) is 5.26 Å². The minimum atomic E-state index is -0.873. The smallest absolute Gasteiger partial charge is 0.246 e. The molecule has 0 saturated carbocycles. The number of hydrogen-bond acceptors (Lipinski definition) is 5. The summed E-state index contributed by atoms with van der Waals surface area (Å²) in [4.78, 5) is 41.9. The summed E-state index contributed by atoms with van der Waals surface area (Å²) < 4.78 is 0. The largest absolute Gasteiger partial charge is 0.343 e. The molecule has 0 aromatic heterocycles. The first-order chi connectivity index (χ1) is 17.9. The van der Waals surface area contributed by atoms with E-state index in [9.17, 15) is 19.6 Å². The Morgan fingerprint density at radius 3 is 2.19 bits per heavy atom. The van der Waals surface area contributed by atoms with Gasteiger partial charge in [0, 0.05) is 18.4 Å². The first kappa shape index (κ1) is 26.4. The highest BCUT2D eigenvalue weighted by Gasteiger charge is 2.47. The van der Waals surface area contributed by atoms with Crippen molar-refractivity contribution in [1.82, 2.24) is 15.5 Å². The van der Waals surface area contributed by atoms with Crippen LogP contribution in [0.3, 0.4) is 0 Å². The van der Waals surface area contributed by atoms with Gasteiger partial charge in [-0.15, -0.1) is 0 Å². The van der Waals surface area contributed by atoms with Crippen molar-refractivity contribution in [3.05, 3.63) is 71.8 Å². The third-order valence-electron chi connectivity index (χ3n) is 7.65. The van der Waals surface area contributed by atoms with E-state index in [2.05, 4.69) is 16.7 Å². The highest BCUT2D eigenvalue weighted by molar-refractivity contribution is 5.94. The first-order valence-electron chi connectivity index (χ1n) is 13.1. The summed E-state index contributed by atoms with van der Waals surface area (Å²) in [5.41, 5.74) is 7.82. The van der Waals surface area contributed by atoms with Gasteiger partial charge in [-0.3, -0.25) is 14.4 Å². The van der Waals surface area contributed by atoms with Crippen LogP contribution in [0.5, 0.6) is 0 Å². The summed E-state index contributed by atoms with van der Waals surface area (Å²) in [6.07, 6.45) is 3.16. The zero-order chi connectivity index (χ0) is 26.4. The van der Waals surface area contributed by atoms with E-state index in [4.69, 9.17) is 5.73 Å². The molecular formula is C29H35N5O3. The second kappa shape index (κ2) is 12.0. The van der Waals surface area contributed by atoms with Crippen molar-refractivity contribution in [2.24, 2.45) is 11.7 Å². The molecule has 2 heterocycles. The highest BCUT2D eigenvalue weighted by atomic mass is 16.2. The molecule has 8 nitrogen and oxygen atoms in total. The van der Waals surface area contributed by atoms with Gasteiger partial charge in [0.2, 0.25) is 17.7 Å². The number of nitriles is 1. The summed E-state index contributed by atoms with van der Waals surface area (Å²) >= 11 is 0. The van der Waals surface area contributed by atoms with Gasteiger partial charge in [-0.25, -0.2) is 0 Å².